The lowest BCUT2D eigenvalue weighted by molar-refractivity contribution is -0.142. The Morgan fingerprint density at radius 2 is 2.11 bits per heavy atom. The third-order valence-electron chi connectivity index (χ3n) is 2.25. The van der Waals surface area contributed by atoms with Crippen LogP contribution in [-0.2, 0) is 21.3 Å². The fourth-order valence-electron chi connectivity index (χ4n) is 1.48. The number of ether oxygens (including phenoxy) is 2. The van der Waals surface area contributed by atoms with Gasteiger partial charge in [0.15, 0.2) is 0 Å². The van der Waals surface area contributed by atoms with Crippen molar-refractivity contribution in [3.8, 4) is 5.75 Å². The number of hydrogen-bond acceptors (Lipinski definition) is 3. The van der Waals surface area contributed by atoms with Crippen molar-refractivity contribution in [2.45, 2.75) is 25.3 Å². The number of hydrogen-bond donors (Lipinski definition) is 0. The third-order valence-corrected chi connectivity index (χ3v) is 3.15. The summed E-state index contributed by atoms with van der Waals surface area (Å²) < 4.78 is 33.5. The van der Waals surface area contributed by atoms with Gasteiger partial charge in [-0.1, -0.05) is 27.5 Å². The van der Waals surface area contributed by atoms with E-state index in [1.807, 2.05) is 0 Å². The first-order chi connectivity index (χ1) is 8.97. The molecule has 0 saturated carbocycles. The smallest absolute Gasteiger partial charge is 0.387 e. The first kappa shape index (κ1) is 16.2. The molecule has 0 amide bonds. The second-order valence-electron chi connectivity index (χ2n) is 3.55. The molecule has 3 nitrogen and oxygen atoms in total. The van der Waals surface area contributed by atoms with Crippen molar-refractivity contribution in [3.05, 3.63) is 28.3 Å². The zero-order valence-electron chi connectivity index (χ0n) is 10.1. The Balaban J connectivity index is 2.99. The van der Waals surface area contributed by atoms with Crippen molar-refractivity contribution >= 4 is 33.5 Å². The summed E-state index contributed by atoms with van der Waals surface area (Å²) in [4.78, 5) is 11.4. The molecule has 0 aliphatic rings. The summed E-state index contributed by atoms with van der Waals surface area (Å²) in [6.45, 7) is -0.963. The van der Waals surface area contributed by atoms with Crippen LogP contribution >= 0.6 is 27.5 Å². The average molecular weight is 358 g/mol. The minimum atomic E-state index is -2.95. The van der Waals surface area contributed by atoms with Crippen LogP contribution in [0.5, 0.6) is 5.75 Å². The molecule has 0 aliphatic carbocycles. The van der Waals surface area contributed by atoms with Crippen molar-refractivity contribution < 1.29 is 23.0 Å². The standard InChI is InChI=1S/C12H12BrClF2O3/c1-2-18-11(17)5-7-3-9(14)10(19-12(15)16)4-8(7)6-13/h3-4,12H,2,5-6H2,1H3. The highest BCUT2D eigenvalue weighted by Crippen LogP contribution is 2.31. The Morgan fingerprint density at radius 3 is 2.63 bits per heavy atom. The van der Waals surface area contributed by atoms with E-state index in [-0.39, 0.29) is 23.8 Å². The summed E-state index contributed by atoms with van der Waals surface area (Å²) in [5, 5.41) is 0.419. The van der Waals surface area contributed by atoms with Gasteiger partial charge in [0.05, 0.1) is 18.1 Å². The van der Waals surface area contributed by atoms with E-state index in [1.165, 1.54) is 12.1 Å². The SMILES string of the molecule is CCOC(=O)Cc1cc(Cl)c(OC(F)F)cc1CBr. The summed E-state index contributed by atoms with van der Waals surface area (Å²) in [6, 6.07) is 2.82. The number of carbonyl (C=O) groups excluding carboxylic acids is 1. The van der Waals surface area contributed by atoms with Crippen LogP contribution in [0.3, 0.4) is 0 Å². The molecule has 19 heavy (non-hydrogen) atoms. The average Bonchev–Trinajstić information content (AvgIpc) is 2.32. The predicted octanol–water partition coefficient (Wildman–Crippen LogP) is 3.94. The van der Waals surface area contributed by atoms with E-state index in [2.05, 4.69) is 20.7 Å². The van der Waals surface area contributed by atoms with Gasteiger partial charge in [0.25, 0.3) is 0 Å². The maximum Gasteiger partial charge on any atom is 0.387 e. The molecule has 0 N–H and O–H groups in total. The highest BCUT2D eigenvalue weighted by molar-refractivity contribution is 9.08. The fourth-order valence-corrected chi connectivity index (χ4v) is 2.23. The lowest BCUT2D eigenvalue weighted by Gasteiger charge is -2.12. The van der Waals surface area contributed by atoms with Crippen LogP contribution in [0.4, 0.5) is 8.78 Å². The van der Waals surface area contributed by atoms with Gasteiger partial charge in [0.1, 0.15) is 5.75 Å². The lowest BCUT2D eigenvalue weighted by atomic mass is 10.1. The maximum absolute atomic E-state index is 12.2. The van der Waals surface area contributed by atoms with E-state index in [0.717, 1.165) is 0 Å². The van der Waals surface area contributed by atoms with E-state index in [0.29, 0.717) is 16.5 Å². The Kier molecular flexibility index (Phi) is 6.51. The molecule has 1 aromatic carbocycles. The van der Waals surface area contributed by atoms with Gasteiger partial charge in [-0.3, -0.25) is 4.79 Å². The number of esters is 1. The van der Waals surface area contributed by atoms with E-state index in [1.54, 1.807) is 6.92 Å². The van der Waals surface area contributed by atoms with Crippen molar-refractivity contribution in [2.75, 3.05) is 6.61 Å². The minimum Gasteiger partial charge on any atom is -0.466 e. The van der Waals surface area contributed by atoms with Crippen LogP contribution in [0.15, 0.2) is 12.1 Å². The summed E-state index contributed by atoms with van der Waals surface area (Å²) in [5.41, 5.74) is 1.26. The molecule has 0 aromatic heterocycles. The number of halogens is 4. The monoisotopic (exact) mass is 356 g/mol. The molecule has 0 saturated heterocycles. The molecule has 0 heterocycles. The predicted molar refractivity (Wildman–Crippen MR) is 71.1 cm³/mol. The van der Waals surface area contributed by atoms with Crippen LogP contribution in [-0.4, -0.2) is 19.2 Å². The molecule has 1 aromatic rings. The first-order valence-electron chi connectivity index (χ1n) is 5.45. The number of carbonyl (C=O) groups is 1. The summed E-state index contributed by atoms with van der Waals surface area (Å²) in [5.74, 6) is -0.512. The number of rotatable bonds is 6. The highest BCUT2D eigenvalue weighted by atomic mass is 79.9. The van der Waals surface area contributed by atoms with Gasteiger partial charge < -0.3 is 9.47 Å². The molecule has 7 heteroatoms. The molecule has 0 aliphatic heterocycles. The summed E-state index contributed by atoms with van der Waals surface area (Å²) in [6.07, 6.45) is 0.0312. The Bertz CT molecular complexity index is 455. The van der Waals surface area contributed by atoms with Crippen molar-refractivity contribution in [1.29, 1.82) is 0 Å². The molecule has 0 radical (unpaired) electrons. The Hall–Kier alpha value is -0.880. The molecule has 106 valence electrons. The van der Waals surface area contributed by atoms with E-state index in [4.69, 9.17) is 16.3 Å². The summed E-state index contributed by atoms with van der Waals surface area (Å²) in [7, 11) is 0. The normalized spacial score (nSPS) is 10.6. The van der Waals surface area contributed by atoms with Crippen LogP contribution in [0, 0.1) is 0 Å². The highest BCUT2D eigenvalue weighted by Gasteiger charge is 2.15. The van der Waals surface area contributed by atoms with Gasteiger partial charge in [0.2, 0.25) is 0 Å². The van der Waals surface area contributed by atoms with E-state index < -0.39 is 12.6 Å². The second kappa shape index (κ2) is 7.65. The van der Waals surface area contributed by atoms with Crippen LogP contribution < -0.4 is 4.74 Å². The largest absolute Gasteiger partial charge is 0.466 e. The minimum absolute atomic E-state index is 0.0312. The lowest BCUT2D eigenvalue weighted by Crippen LogP contribution is -2.10. The molecule has 0 spiro atoms. The first-order valence-corrected chi connectivity index (χ1v) is 6.95. The zero-order chi connectivity index (χ0) is 14.4. The molecule has 0 unspecified atom stereocenters. The molecule has 0 fully saturated rings. The number of benzene rings is 1. The van der Waals surface area contributed by atoms with Crippen molar-refractivity contribution in [2.24, 2.45) is 0 Å². The van der Waals surface area contributed by atoms with Crippen molar-refractivity contribution in [3.63, 3.8) is 0 Å². The van der Waals surface area contributed by atoms with Gasteiger partial charge in [-0.05, 0) is 30.2 Å². The van der Waals surface area contributed by atoms with Crippen LogP contribution in [0.1, 0.15) is 18.1 Å². The second-order valence-corrected chi connectivity index (χ2v) is 4.51. The Labute approximate surface area is 123 Å². The topological polar surface area (TPSA) is 35.5 Å². The molecular weight excluding hydrogens is 345 g/mol. The van der Waals surface area contributed by atoms with E-state index >= 15 is 0 Å². The van der Waals surface area contributed by atoms with Crippen LogP contribution in [0.2, 0.25) is 5.02 Å². The zero-order valence-corrected chi connectivity index (χ0v) is 12.4. The van der Waals surface area contributed by atoms with Gasteiger partial charge in [-0.2, -0.15) is 8.78 Å². The maximum atomic E-state index is 12.2. The number of alkyl halides is 3. The molecule has 1 rings (SSSR count). The third kappa shape index (κ3) is 4.95. The molecular formula is C12H12BrClF2O3. The van der Waals surface area contributed by atoms with Gasteiger partial charge >= 0.3 is 12.6 Å². The van der Waals surface area contributed by atoms with E-state index in [9.17, 15) is 13.6 Å². The fraction of sp³-hybridized carbons (Fsp3) is 0.417. The van der Waals surface area contributed by atoms with Gasteiger partial charge in [-0.15, -0.1) is 0 Å². The van der Waals surface area contributed by atoms with Crippen molar-refractivity contribution in [1.82, 2.24) is 0 Å². The van der Waals surface area contributed by atoms with Gasteiger partial charge in [-0.25, -0.2) is 0 Å². The Morgan fingerprint density at radius 1 is 1.42 bits per heavy atom. The quantitative estimate of drug-likeness (QED) is 0.571. The van der Waals surface area contributed by atoms with Gasteiger partial charge in [0, 0.05) is 5.33 Å². The molecule has 0 bridgehead atoms. The molecule has 0 atom stereocenters. The van der Waals surface area contributed by atoms with Crippen LogP contribution in [0.25, 0.3) is 0 Å². The summed E-state index contributed by atoms with van der Waals surface area (Å²) >= 11 is 9.06.